The average molecular weight is 200 g/mol. The highest BCUT2D eigenvalue weighted by Crippen LogP contribution is 1.97. The Bertz CT molecular complexity index is 152. The zero-order valence-corrected chi connectivity index (χ0v) is 10.3. The third kappa shape index (κ3) is 8.11. The first-order chi connectivity index (χ1) is 6.62. The standard InChI is InChI=1S/C12H26NO/c1-5-7-8-11-14-12-9-10-13(3,4)6-2/h9,12H,5-8,10-11H2,1-4H3/q+1. The molecule has 0 heterocycles. The third-order valence-corrected chi connectivity index (χ3v) is 2.51. The number of quaternary nitrogens is 1. The first-order valence-electron chi connectivity index (χ1n) is 5.71. The van der Waals surface area contributed by atoms with E-state index in [4.69, 9.17) is 4.74 Å². The number of rotatable bonds is 8. The average Bonchev–Trinajstić information content (AvgIpc) is 2.16. The van der Waals surface area contributed by atoms with Gasteiger partial charge in [0.05, 0.1) is 33.5 Å². The molecule has 0 saturated carbocycles. The van der Waals surface area contributed by atoms with Gasteiger partial charge in [0.25, 0.3) is 0 Å². The van der Waals surface area contributed by atoms with Gasteiger partial charge in [-0.15, -0.1) is 0 Å². The molecule has 0 amide bonds. The van der Waals surface area contributed by atoms with Crippen molar-refractivity contribution in [2.75, 3.05) is 33.8 Å². The van der Waals surface area contributed by atoms with Gasteiger partial charge in [-0.05, 0) is 13.3 Å². The van der Waals surface area contributed by atoms with Crippen molar-refractivity contribution < 1.29 is 9.22 Å². The van der Waals surface area contributed by atoms with Crippen molar-refractivity contribution in [1.82, 2.24) is 0 Å². The Labute approximate surface area is 89.1 Å². The maximum atomic E-state index is 5.39. The van der Waals surface area contributed by atoms with Gasteiger partial charge in [0.1, 0.15) is 6.54 Å². The minimum atomic E-state index is 0.865. The van der Waals surface area contributed by atoms with Crippen LogP contribution < -0.4 is 0 Å². The molecule has 0 aromatic carbocycles. The predicted octanol–water partition coefficient (Wildman–Crippen LogP) is 2.80. The van der Waals surface area contributed by atoms with Crippen LogP contribution in [0.25, 0.3) is 0 Å². The monoisotopic (exact) mass is 200 g/mol. The summed E-state index contributed by atoms with van der Waals surface area (Å²) in [7, 11) is 4.45. The molecule has 0 aliphatic heterocycles. The molecule has 0 fully saturated rings. The fraction of sp³-hybridized carbons (Fsp3) is 0.833. The van der Waals surface area contributed by atoms with Crippen molar-refractivity contribution in [3.63, 3.8) is 0 Å². The van der Waals surface area contributed by atoms with Crippen LogP contribution in [-0.4, -0.2) is 38.3 Å². The number of hydrogen-bond acceptors (Lipinski definition) is 1. The lowest BCUT2D eigenvalue weighted by Gasteiger charge is -2.26. The molecule has 0 saturated heterocycles. The van der Waals surface area contributed by atoms with E-state index in [1.165, 1.54) is 19.3 Å². The van der Waals surface area contributed by atoms with Gasteiger partial charge in [0, 0.05) is 6.08 Å². The SMILES string of the molecule is CCCCCOC=CC[N+](C)(C)CC. The van der Waals surface area contributed by atoms with E-state index in [0.717, 1.165) is 24.2 Å². The summed E-state index contributed by atoms with van der Waals surface area (Å²) in [5, 5.41) is 0. The van der Waals surface area contributed by atoms with Crippen molar-refractivity contribution in [2.24, 2.45) is 0 Å². The Balaban J connectivity index is 3.36. The molecule has 0 aliphatic rings. The second kappa shape index (κ2) is 7.86. The summed E-state index contributed by atoms with van der Waals surface area (Å²) in [6.45, 7) is 7.47. The lowest BCUT2D eigenvalue weighted by Crippen LogP contribution is -2.39. The molecule has 0 rings (SSSR count). The maximum Gasteiger partial charge on any atom is 0.100 e. The van der Waals surface area contributed by atoms with Crippen molar-refractivity contribution in [3.8, 4) is 0 Å². The number of likely N-dealkylation sites (N-methyl/N-ethyl adjacent to an activating group) is 1. The number of hydrogen-bond donors (Lipinski definition) is 0. The van der Waals surface area contributed by atoms with Crippen LogP contribution in [0, 0.1) is 0 Å². The predicted molar refractivity (Wildman–Crippen MR) is 62.1 cm³/mol. The molecule has 2 heteroatoms. The Kier molecular flexibility index (Phi) is 7.58. The second-order valence-electron chi connectivity index (χ2n) is 4.38. The molecule has 84 valence electrons. The summed E-state index contributed by atoms with van der Waals surface area (Å²) in [5.41, 5.74) is 0. The molecule has 2 nitrogen and oxygen atoms in total. The van der Waals surface area contributed by atoms with Gasteiger partial charge in [-0.1, -0.05) is 19.8 Å². The van der Waals surface area contributed by atoms with Crippen LogP contribution in [0.4, 0.5) is 0 Å². The normalized spacial score (nSPS) is 12.3. The van der Waals surface area contributed by atoms with Gasteiger partial charge in [-0.25, -0.2) is 0 Å². The van der Waals surface area contributed by atoms with Crippen molar-refractivity contribution in [3.05, 3.63) is 12.3 Å². The van der Waals surface area contributed by atoms with Crippen molar-refractivity contribution in [2.45, 2.75) is 33.1 Å². The van der Waals surface area contributed by atoms with E-state index >= 15 is 0 Å². The van der Waals surface area contributed by atoms with Crippen LogP contribution in [0.2, 0.25) is 0 Å². The molecule has 0 atom stereocenters. The molecular weight excluding hydrogens is 174 g/mol. The highest BCUT2D eigenvalue weighted by atomic mass is 16.5. The van der Waals surface area contributed by atoms with Crippen molar-refractivity contribution >= 4 is 0 Å². The van der Waals surface area contributed by atoms with Gasteiger partial charge in [0.2, 0.25) is 0 Å². The van der Waals surface area contributed by atoms with Crippen LogP contribution in [0.5, 0.6) is 0 Å². The molecule has 0 bridgehead atoms. The minimum Gasteiger partial charge on any atom is -0.501 e. The lowest BCUT2D eigenvalue weighted by molar-refractivity contribution is -0.882. The van der Waals surface area contributed by atoms with Gasteiger partial charge in [-0.2, -0.15) is 0 Å². The van der Waals surface area contributed by atoms with Crippen LogP contribution in [0.1, 0.15) is 33.1 Å². The summed E-state index contributed by atoms with van der Waals surface area (Å²) in [4.78, 5) is 0. The van der Waals surface area contributed by atoms with Gasteiger partial charge < -0.3 is 9.22 Å². The third-order valence-electron chi connectivity index (χ3n) is 2.51. The van der Waals surface area contributed by atoms with E-state index in [0.29, 0.717) is 0 Å². The maximum absolute atomic E-state index is 5.39. The minimum absolute atomic E-state index is 0.865. The van der Waals surface area contributed by atoms with E-state index in [-0.39, 0.29) is 0 Å². The Hall–Kier alpha value is -0.500. The zero-order valence-electron chi connectivity index (χ0n) is 10.3. The first-order valence-corrected chi connectivity index (χ1v) is 5.71. The molecule has 0 aromatic heterocycles. The largest absolute Gasteiger partial charge is 0.501 e. The van der Waals surface area contributed by atoms with Crippen LogP contribution in [-0.2, 0) is 4.74 Å². The summed E-state index contributed by atoms with van der Waals surface area (Å²) in [6.07, 6.45) is 7.67. The Morgan fingerprint density at radius 2 is 1.86 bits per heavy atom. The second-order valence-corrected chi connectivity index (χ2v) is 4.38. The number of unbranched alkanes of at least 4 members (excludes halogenated alkanes) is 2. The summed E-state index contributed by atoms with van der Waals surface area (Å²) >= 11 is 0. The van der Waals surface area contributed by atoms with Crippen molar-refractivity contribution in [1.29, 1.82) is 0 Å². The van der Waals surface area contributed by atoms with Crippen LogP contribution in [0.3, 0.4) is 0 Å². The summed E-state index contributed by atoms with van der Waals surface area (Å²) < 4.78 is 6.41. The fourth-order valence-electron chi connectivity index (χ4n) is 1.03. The smallest absolute Gasteiger partial charge is 0.100 e. The molecule has 0 N–H and O–H groups in total. The molecule has 0 aliphatic carbocycles. The molecular formula is C12H26NO+. The fourth-order valence-corrected chi connectivity index (χ4v) is 1.03. The highest BCUT2D eigenvalue weighted by Gasteiger charge is 2.07. The van der Waals surface area contributed by atoms with E-state index in [9.17, 15) is 0 Å². The summed E-state index contributed by atoms with van der Waals surface area (Å²) in [6, 6.07) is 0. The quantitative estimate of drug-likeness (QED) is 0.332. The lowest BCUT2D eigenvalue weighted by atomic mass is 10.3. The molecule has 0 radical (unpaired) electrons. The van der Waals surface area contributed by atoms with Gasteiger partial charge in [-0.3, -0.25) is 0 Å². The van der Waals surface area contributed by atoms with E-state index < -0.39 is 0 Å². The van der Waals surface area contributed by atoms with Crippen LogP contribution >= 0.6 is 0 Å². The number of ether oxygens (including phenoxy) is 1. The van der Waals surface area contributed by atoms with E-state index in [1.807, 2.05) is 6.26 Å². The first kappa shape index (κ1) is 13.5. The topological polar surface area (TPSA) is 9.23 Å². The highest BCUT2D eigenvalue weighted by molar-refractivity contribution is 4.72. The Morgan fingerprint density at radius 1 is 1.14 bits per heavy atom. The van der Waals surface area contributed by atoms with Gasteiger partial charge in [0.15, 0.2) is 0 Å². The number of nitrogens with zero attached hydrogens (tertiary/aromatic N) is 1. The molecule has 0 aromatic rings. The zero-order chi connectivity index (χ0) is 10.9. The molecule has 0 unspecified atom stereocenters. The van der Waals surface area contributed by atoms with E-state index in [1.54, 1.807) is 0 Å². The van der Waals surface area contributed by atoms with Gasteiger partial charge >= 0.3 is 0 Å². The summed E-state index contributed by atoms with van der Waals surface area (Å²) in [5.74, 6) is 0. The molecule has 14 heavy (non-hydrogen) atoms. The molecule has 0 spiro atoms. The van der Waals surface area contributed by atoms with Crippen LogP contribution in [0.15, 0.2) is 12.3 Å². The Morgan fingerprint density at radius 3 is 2.43 bits per heavy atom. The van der Waals surface area contributed by atoms with E-state index in [2.05, 4.69) is 34.0 Å².